The van der Waals surface area contributed by atoms with Crippen LogP contribution in [0.25, 0.3) is 0 Å². The number of amides is 1. The molecule has 7 nitrogen and oxygen atoms in total. The number of hydrogen-bond acceptors (Lipinski definition) is 5. The van der Waals surface area contributed by atoms with Crippen molar-refractivity contribution < 1.29 is 22.4 Å². The summed E-state index contributed by atoms with van der Waals surface area (Å²) in [7, 11) is -2.43. The van der Waals surface area contributed by atoms with Gasteiger partial charge in [0.15, 0.2) is 0 Å². The Morgan fingerprint density at radius 1 is 1.07 bits per heavy atom. The molecule has 8 heteroatoms. The zero-order chi connectivity index (χ0) is 20.9. The monoisotopic (exact) mass is 414 g/mol. The van der Waals surface area contributed by atoms with Crippen LogP contribution in [-0.2, 0) is 14.8 Å². The van der Waals surface area contributed by atoms with Crippen LogP contribution in [0.3, 0.4) is 0 Å². The molecule has 0 spiro atoms. The zero-order valence-electron chi connectivity index (χ0n) is 16.1. The summed E-state index contributed by atoms with van der Waals surface area (Å²) in [6, 6.07) is 17.6. The topological polar surface area (TPSA) is 88.8 Å². The first-order chi connectivity index (χ1) is 13.9. The lowest BCUT2D eigenvalue weighted by Crippen LogP contribution is -2.41. The summed E-state index contributed by atoms with van der Waals surface area (Å²) in [5.41, 5.74) is 0.357. The van der Waals surface area contributed by atoms with Gasteiger partial charge in [-0.2, -0.15) is 0 Å². The maximum absolute atomic E-state index is 13.2. The first kappa shape index (κ1) is 20.5. The number of carbonyl (C=O) groups is 1. The molecule has 0 saturated heterocycles. The Bertz CT molecular complexity index is 1030. The summed E-state index contributed by atoms with van der Waals surface area (Å²) in [6.45, 7) is 1.38. The predicted octanol–water partition coefficient (Wildman–Crippen LogP) is 3.36. The summed E-state index contributed by atoms with van der Waals surface area (Å²) in [4.78, 5) is 12.7. The molecule has 0 aliphatic heterocycles. The lowest BCUT2D eigenvalue weighted by Gasteiger charge is -2.25. The molecule has 0 aliphatic rings. The van der Waals surface area contributed by atoms with E-state index in [2.05, 4.69) is 5.32 Å². The summed E-state index contributed by atoms with van der Waals surface area (Å²) >= 11 is 0. The molecule has 0 bridgehead atoms. The fourth-order valence-corrected chi connectivity index (χ4v) is 4.25. The third-order valence-corrected chi connectivity index (χ3v) is 6.11. The number of furan rings is 1. The minimum Gasteiger partial charge on any atom is -0.497 e. The molecule has 1 atom stereocenters. The van der Waals surface area contributed by atoms with Crippen LogP contribution in [0.1, 0.15) is 18.7 Å². The number of nitrogens with zero attached hydrogens (tertiary/aromatic N) is 1. The normalized spacial score (nSPS) is 12.2. The number of sulfonamides is 1. The Balaban J connectivity index is 1.89. The van der Waals surface area contributed by atoms with Crippen LogP contribution in [0.5, 0.6) is 5.75 Å². The standard InChI is InChI=1S/C21H22N2O5S/c1-16(20-9-6-14-28-20)22-21(24)15-23(17-10-12-18(27-2)13-11-17)29(25,26)19-7-4-3-5-8-19/h3-14,16H,15H2,1-2H3,(H,22,24). The molecule has 1 aromatic heterocycles. The maximum atomic E-state index is 13.2. The molecular formula is C21H22N2O5S. The highest BCUT2D eigenvalue weighted by Crippen LogP contribution is 2.25. The maximum Gasteiger partial charge on any atom is 0.264 e. The summed E-state index contributed by atoms with van der Waals surface area (Å²) in [6.07, 6.45) is 1.52. The van der Waals surface area contributed by atoms with Crippen LogP contribution in [0.15, 0.2) is 82.3 Å². The molecule has 1 amide bonds. The second-order valence-electron chi connectivity index (χ2n) is 6.33. The first-order valence-corrected chi connectivity index (χ1v) is 10.4. The molecule has 1 N–H and O–H groups in total. The number of methoxy groups -OCH3 is 1. The van der Waals surface area contributed by atoms with E-state index in [1.54, 1.807) is 61.5 Å². The summed E-state index contributed by atoms with van der Waals surface area (Å²) < 4.78 is 38.0. The fraction of sp³-hybridized carbons (Fsp3) is 0.190. The van der Waals surface area contributed by atoms with Crippen LogP contribution < -0.4 is 14.4 Å². The van der Waals surface area contributed by atoms with Crippen LogP contribution in [0, 0.1) is 0 Å². The van der Waals surface area contributed by atoms with Crippen molar-refractivity contribution in [1.82, 2.24) is 5.32 Å². The van der Waals surface area contributed by atoms with E-state index in [4.69, 9.17) is 9.15 Å². The Morgan fingerprint density at radius 3 is 2.34 bits per heavy atom. The van der Waals surface area contributed by atoms with Gasteiger partial charge in [-0.1, -0.05) is 18.2 Å². The molecule has 3 rings (SSSR count). The van der Waals surface area contributed by atoms with Crippen molar-refractivity contribution in [3.8, 4) is 5.75 Å². The van der Waals surface area contributed by atoms with E-state index in [1.807, 2.05) is 0 Å². The van der Waals surface area contributed by atoms with Gasteiger partial charge in [0.1, 0.15) is 18.1 Å². The molecule has 1 heterocycles. The highest BCUT2D eigenvalue weighted by molar-refractivity contribution is 7.92. The molecule has 0 radical (unpaired) electrons. The first-order valence-electron chi connectivity index (χ1n) is 8.96. The highest BCUT2D eigenvalue weighted by atomic mass is 32.2. The van der Waals surface area contributed by atoms with Gasteiger partial charge in [0.25, 0.3) is 10.0 Å². The van der Waals surface area contributed by atoms with Gasteiger partial charge in [-0.3, -0.25) is 9.10 Å². The number of anilines is 1. The van der Waals surface area contributed by atoms with Crippen molar-refractivity contribution in [2.24, 2.45) is 0 Å². The summed E-state index contributed by atoms with van der Waals surface area (Å²) in [5, 5.41) is 2.77. The minimum atomic E-state index is -3.95. The zero-order valence-corrected chi connectivity index (χ0v) is 16.9. The molecule has 3 aromatic rings. The second kappa shape index (κ2) is 8.83. The van der Waals surface area contributed by atoms with Gasteiger partial charge >= 0.3 is 0 Å². The molecule has 29 heavy (non-hydrogen) atoms. The quantitative estimate of drug-likeness (QED) is 0.611. The van der Waals surface area contributed by atoms with Gasteiger partial charge in [-0.25, -0.2) is 8.42 Å². The smallest absolute Gasteiger partial charge is 0.264 e. The van der Waals surface area contributed by atoms with E-state index in [1.165, 1.54) is 25.5 Å². The summed E-state index contributed by atoms with van der Waals surface area (Å²) in [5.74, 6) is 0.714. The Kier molecular flexibility index (Phi) is 6.23. The third-order valence-electron chi connectivity index (χ3n) is 4.33. The van der Waals surface area contributed by atoms with Gasteiger partial charge in [0.05, 0.1) is 30.0 Å². The van der Waals surface area contributed by atoms with Crippen LogP contribution >= 0.6 is 0 Å². The molecule has 0 saturated carbocycles. The fourth-order valence-electron chi connectivity index (χ4n) is 2.81. The Hall–Kier alpha value is -3.26. The highest BCUT2D eigenvalue weighted by Gasteiger charge is 2.27. The SMILES string of the molecule is COc1ccc(N(CC(=O)NC(C)c2ccco2)S(=O)(=O)c2ccccc2)cc1. The van der Waals surface area contributed by atoms with Gasteiger partial charge in [-0.15, -0.1) is 0 Å². The number of hydrogen-bond donors (Lipinski definition) is 1. The average Bonchev–Trinajstić information content (AvgIpc) is 3.28. The predicted molar refractivity (Wildman–Crippen MR) is 109 cm³/mol. The van der Waals surface area contributed by atoms with Crippen LogP contribution in [0.4, 0.5) is 5.69 Å². The van der Waals surface area contributed by atoms with Crippen LogP contribution in [-0.4, -0.2) is 28.0 Å². The molecule has 0 aliphatic carbocycles. The van der Waals surface area contributed by atoms with Crippen molar-refractivity contribution in [1.29, 1.82) is 0 Å². The molecule has 0 fully saturated rings. The van der Waals surface area contributed by atoms with Crippen molar-refractivity contribution in [2.75, 3.05) is 18.0 Å². The van der Waals surface area contributed by atoms with Crippen molar-refractivity contribution >= 4 is 21.6 Å². The minimum absolute atomic E-state index is 0.0997. The number of benzene rings is 2. The van der Waals surface area contributed by atoms with Gasteiger partial charge < -0.3 is 14.5 Å². The van der Waals surface area contributed by atoms with Gasteiger partial charge in [0.2, 0.25) is 5.91 Å². The van der Waals surface area contributed by atoms with Crippen molar-refractivity contribution in [3.05, 3.63) is 78.8 Å². The second-order valence-corrected chi connectivity index (χ2v) is 8.19. The molecule has 2 aromatic carbocycles. The number of nitrogens with one attached hydrogen (secondary N) is 1. The average molecular weight is 414 g/mol. The van der Waals surface area contributed by atoms with E-state index in [0.717, 1.165) is 4.31 Å². The van der Waals surface area contributed by atoms with Crippen LogP contribution in [0.2, 0.25) is 0 Å². The largest absolute Gasteiger partial charge is 0.497 e. The van der Waals surface area contributed by atoms with E-state index in [0.29, 0.717) is 17.2 Å². The van der Waals surface area contributed by atoms with E-state index < -0.39 is 22.0 Å². The van der Waals surface area contributed by atoms with E-state index >= 15 is 0 Å². The molecular weight excluding hydrogens is 392 g/mol. The Labute approximate surface area is 170 Å². The van der Waals surface area contributed by atoms with E-state index in [-0.39, 0.29) is 11.4 Å². The molecule has 1 unspecified atom stereocenters. The Morgan fingerprint density at radius 2 is 1.76 bits per heavy atom. The van der Waals surface area contributed by atoms with E-state index in [9.17, 15) is 13.2 Å². The number of ether oxygens (including phenoxy) is 1. The lowest BCUT2D eigenvalue weighted by molar-refractivity contribution is -0.120. The third kappa shape index (κ3) is 4.78. The van der Waals surface area contributed by atoms with Crippen molar-refractivity contribution in [2.45, 2.75) is 17.9 Å². The van der Waals surface area contributed by atoms with Gasteiger partial charge in [-0.05, 0) is 55.5 Å². The van der Waals surface area contributed by atoms with Crippen molar-refractivity contribution in [3.63, 3.8) is 0 Å². The van der Waals surface area contributed by atoms with Gasteiger partial charge in [0, 0.05) is 0 Å². The number of carbonyl (C=O) groups excluding carboxylic acids is 1. The molecule has 152 valence electrons. The number of rotatable bonds is 8. The lowest BCUT2D eigenvalue weighted by atomic mass is 10.2.